The van der Waals surface area contributed by atoms with Gasteiger partial charge in [-0.1, -0.05) is 80.2 Å². The van der Waals surface area contributed by atoms with Gasteiger partial charge < -0.3 is 13.6 Å². The molecule has 0 radical (unpaired) electrons. The van der Waals surface area contributed by atoms with E-state index in [4.69, 9.17) is 8.70 Å². The van der Waals surface area contributed by atoms with Crippen molar-refractivity contribution in [3.05, 3.63) is 132 Å². The number of anilines is 1. The summed E-state index contributed by atoms with van der Waals surface area (Å²) >= 11 is 3.59. The van der Waals surface area contributed by atoms with Gasteiger partial charge in [0.25, 0.3) is 0 Å². The van der Waals surface area contributed by atoms with E-state index in [0.29, 0.717) is 11.5 Å². The van der Waals surface area contributed by atoms with Crippen molar-refractivity contribution in [3.8, 4) is 22.5 Å². The highest BCUT2D eigenvalue weighted by atomic mass is 32.3. The first-order valence-corrected chi connectivity index (χ1v) is 19.8. The molecule has 0 saturated carbocycles. The third-order valence-corrected chi connectivity index (χ3v) is 14.2. The third kappa shape index (κ3) is 7.14. The van der Waals surface area contributed by atoms with Gasteiger partial charge in [-0.2, -0.15) is 0 Å². The second-order valence-electron chi connectivity index (χ2n) is 11.4. The maximum Gasteiger partial charge on any atom is 0.204 e. The van der Waals surface area contributed by atoms with E-state index < -0.39 is 10.3 Å². The molecule has 0 amide bonds. The van der Waals surface area contributed by atoms with E-state index in [0.717, 1.165) is 61.1 Å². The number of nitrogens with zero attached hydrogens (tertiary/aromatic N) is 3. The molecule has 6 nitrogen and oxygen atoms in total. The van der Waals surface area contributed by atoms with Crippen molar-refractivity contribution < 1.29 is 8.70 Å². The van der Waals surface area contributed by atoms with Gasteiger partial charge in [0.15, 0.2) is 11.2 Å². The van der Waals surface area contributed by atoms with Gasteiger partial charge >= 0.3 is 0 Å². The summed E-state index contributed by atoms with van der Waals surface area (Å²) in [5.74, 6) is 3.74. The SMILES string of the molecule is CCS(CC)(ON=O)c1ccccc1-c1c2cc/c(=[N+](\C)CSc3ccccc3)cc-2oc2cc(N(C)CSc3ccccc3)ccc12. The van der Waals surface area contributed by atoms with Gasteiger partial charge in [-0.05, 0) is 64.4 Å². The van der Waals surface area contributed by atoms with Crippen LogP contribution in [0.3, 0.4) is 0 Å². The first-order chi connectivity index (χ1) is 23.5. The number of rotatable bonds is 13. The van der Waals surface area contributed by atoms with E-state index in [2.05, 4.69) is 146 Å². The lowest BCUT2D eigenvalue weighted by atomic mass is 9.93. The number of hydrogen-bond acceptors (Lipinski definition) is 7. The van der Waals surface area contributed by atoms with E-state index in [9.17, 15) is 4.91 Å². The summed E-state index contributed by atoms with van der Waals surface area (Å²) in [7, 11) is 2.25. The van der Waals surface area contributed by atoms with Crippen LogP contribution in [0, 0.1) is 4.91 Å². The molecule has 0 unspecified atom stereocenters. The molecule has 2 aliphatic rings. The fourth-order valence-electron chi connectivity index (χ4n) is 5.87. The van der Waals surface area contributed by atoms with Gasteiger partial charge in [0, 0.05) is 67.6 Å². The zero-order valence-electron chi connectivity index (χ0n) is 27.7. The van der Waals surface area contributed by atoms with Gasteiger partial charge in [0.05, 0.1) is 11.9 Å². The number of benzene rings is 5. The Morgan fingerprint density at radius 3 is 2.15 bits per heavy atom. The Morgan fingerprint density at radius 2 is 1.46 bits per heavy atom. The molecule has 246 valence electrons. The quantitative estimate of drug-likeness (QED) is 0.0300. The van der Waals surface area contributed by atoms with Crippen molar-refractivity contribution in [1.82, 2.24) is 4.58 Å². The molecular weight excluding hydrogens is 655 g/mol. The lowest BCUT2D eigenvalue weighted by Gasteiger charge is -2.35. The molecular formula is C39H40N3O3S3+. The fraction of sp³-hybridized carbons (Fsp3) is 0.205. The molecule has 0 aromatic heterocycles. The average Bonchev–Trinajstić information content (AvgIpc) is 3.14. The Labute approximate surface area is 292 Å². The van der Waals surface area contributed by atoms with Gasteiger partial charge in [-0.3, -0.25) is 0 Å². The van der Waals surface area contributed by atoms with Crippen LogP contribution in [-0.2, 0) is 4.28 Å². The van der Waals surface area contributed by atoms with Crippen molar-refractivity contribution in [3.63, 3.8) is 0 Å². The van der Waals surface area contributed by atoms with Crippen molar-refractivity contribution in [2.75, 3.05) is 42.3 Å². The van der Waals surface area contributed by atoms with Crippen LogP contribution in [0.4, 0.5) is 5.69 Å². The highest BCUT2D eigenvalue weighted by molar-refractivity contribution is 8.29. The molecule has 1 aliphatic carbocycles. The largest absolute Gasteiger partial charge is 0.456 e. The van der Waals surface area contributed by atoms with Crippen LogP contribution in [-0.4, -0.2) is 37.4 Å². The van der Waals surface area contributed by atoms with Crippen molar-refractivity contribution in [2.45, 2.75) is 28.5 Å². The molecule has 0 bridgehead atoms. The standard InChI is InChI=1S/C39H40N3O3S3/c1-5-48(6-2,45-40-43)38-20-14-13-19-35(38)39-33-23-21-29(41(3)27-46-31-15-9-7-10-16-31)25-36(33)44-37-26-30(22-24-34(37)39)42(4)28-47-32-17-11-8-12-18-32/h7-26H,5-6,27-28H2,1-4H3/q+1. The highest BCUT2D eigenvalue weighted by Gasteiger charge is 2.31. The molecule has 48 heavy (non-hydrogen) atoms. The molecule has 1 heterocycles. The van der Waals surface area contributed by atoms with Gasteiger partial charge in [0.1, 0.15) is 18.4 Å². The third-order valence-electron chi connectivity index (χ3n) is 8.57. The van der Waals surface area contributed by atoms with Crippen LogP contribution < -0.4 is 14.8 Å². The summed E-state index contributed by atoms with van der Waals surface area (Å²) in [6.07, 6.45) is 0. The second kappa shape index (κ2) is 15.4. The van der Waals surface area contributed by atoms with Crippen molar-refractivity contribution in [1.29, 1.82) is 0 Å². The fourth-order valence-corrected chi connectivity index (χ4v) is 9.89. The van der Waals surface area contributed by atoms with Crippen molar-refractivity contribution >= 4 is 50.5 Å². The van der Waals surface area contributed by atoms with E-state index >= 15 is 0 Å². The van der Waals surface area contributed by atoms with Crippen LogP contribution in [0.1, 0.15) is 13.8 Å². The smallest absolute Gasteiger partial charge is 0.204 e. The van der Waals surface area contributed by atoms with Crippen LogP contribution in [0.15, 0.2) is 146 Å². The maximum absolute atomic E-state index is 11.6. The Morgan fingerprint density at radius 1 is 0.792 bits per heavy atom. The van der Waals surface area contributed by atoms with Gasteiger partial charge in [-0.15, -0.1) is 16.7 Å². The van der Waals surface area contributed by atoms with Crippen LogP contribution in [0.2, 0.25) is 0 Å². The first kappa shape index (κ1) is 33.7. The molecule has 4 aromatic rings. The number of hydrogen-bond donors (Lipinski definition) is 0. The van der Waals surface area contributed by atoms with Crippen LogP contribution in [0.25, 0.3) is 33.4 Å². The monoisotopic (exact) mass is 694 g/mol. The molecule has 6 rings (SSSR count). The van der Waals surface area contributed by atoms with E-state index in [-0.39, 0.29) is 0 Å². The first-order valence-electron chi connectivity index (χ1n) is 16.0. The summed E-state index contributed by atoms with van der Waals surface area (Å²) in [5.41, 5.74) is 4.96. The summed E-state index contributed by atoms with van der Waals surface area (Å²) in [6, 6.07) is 42.1. The molecule has 9 heteroatoms. The normalized spacial score (nSPS) is 12.6. The lowest BCUT2D eigenvalue weighted by molar-refractivity contribution is 0.377. The van der Waals surface area contributed by atoms with Gasteiger partial charge in [-0.25, -0.2) is 4.58 Å². The Kier molecular flexibility index (Phi) is 10.8. The molecule has 0 atom stereocenters. The zero-order valence-corrected chi connectivity index (χ0v) is 30.1. The predicted molar refractivity (Wildman–Crippen MR) is 206 cm³/mol. The summed E-state index contributed by atoms with van der Waals surface area (Å²) in [6.45, 7) is 4.14. The highest BCUT2D eigenvalue weighted by Crippen LogP contribution is 2.60. The van der Waals surface area contributed by atoms with Crippen molar-refractivity contribution in [2.24, 2.45) is 5.34 Å². The van der Waals surface area contributed by atoms with E-state index in [1.807, 2.05) is 18.2 Å². The Balaban J connectivity index is 1.51. The molecule has 1 aliphatic heterocycles. The summed E-state index contributed by atoms with van der Waals surface area (Å²) in [5, 5.41) is 5.05. The molecule has 0 fully saturated rings. The van der Waals surface area contributed by atoms with E-state index in [1.165, 1.54) is 9.79 Å². The minimum absolute atomic E-state index is 0.682. The maximum atomic E-state index is 11.6. The van der Waals surface area contributed by atoms with E-state index in [1.54, 1.807) is 23.5 Å². The van der Waals surface area contributed by atoms with Gasteiger partial charge in [0.2, 0.25) is 5.36 Å². The summed E-state index contributed by atoms with van der Waals surface area (Å²) in [4.78, 5) is 17.3. The molecule has 4 aromatic carbocycles. The molecule has 0 N–H and O–H groups in total. The molecule has 0 spiro atoms. The predicted octanol–water partition coefficient (Wildman–Crippen LogP) is 10.4. The Bertz CT molecular complexity index is 2050. The lowest BCUT2D eigenvalue weighted by Crippen LogP contribution is -2.25. The number of thioether (sulfide) groups is 2. The summed E-state index contributed by atoms with van der Waals surface area (Å²) < 4.78 is 14.8. The molecule has 0 saturated heterocycles. The minimum atomic E-state index is -1.96. The minimum Gasteiger partial charge on any atom is -0.456 e. The zero-order chi connectivity index (χ0) is 33.5. The van der Waals surface area contributed by atoms with Crippen LogP contribution >= 0.6 is 33.8 Å². The topological polar surface area (TPSA) is 58.0 Å². The number of fused-ring (bicyclic) bond motifs is 2. The second-order valence-corrected chi connectivity index (χ2v) is 16.8. The average molecular weight is 695 g/mol. The van der Waals surface area contributed by atoms with Crippen LogP contribution in [0.5, 0.6) is 0 Å². The Hall–Kier alpha value is -4.18.